The maximum atomic E-state index is 15.4. The van der Waals surface area contributed by atoms with E-state index in [0.717, 1.165) is 25.9 Å². The van der Waals surface area contributed by atoms with Crippen molar-refractivity contribution in [2.75, 3.05) is 19.6 Å². The molecule has 5 aromatic rings. The third-order valence-corrected chi connectivity index (χ3v) is 14.8. The van der Waals surface area contributed by atoms with E-state index in [4.69, 9.17) is 5.73 Å². The van der Waals surface area contributed by atoms with Crippen LogP contribution in [0.5, 0.6) is 0 Å². The number of H-pyrrole nitrogens is 2. The Bertz CT molecular complexity index is 2780. The maximum Gasteiger partial charge on any atom is 0.246 e. The number of nitrogens with one attached hydrogen (secondary N) is 8. The largest absolute Gasteiger partial charge is 0.368 e. The molecule has 7 rings (SSSR count). The Morgan fingerprint density at radius 3 is 2.28 bits per heavy atom. The summed E-state index contributed by atoms with van der Waals surface area (Å²) in [6, 6.07) is 10.4. The molecule has 0 radical (unpaired) electrons. The van der Waals surface area contributed by atoms with Crippen molar-refractivity contribution in [3.8, 4) is 0 Å². The predicted molar refractivity (Wildman–Crippen MR) is 281 cm³/mol. The van der Waals surface area contributed by atoms with Gasteiger partial charge in [-0.3, -0.25) is 43.2 Å². The summed E-state index contributed by atoms with van der Waals surface area (Å²) in [5, 5.41) is 18.3. The summed E-state index contributed by atoms with van der Waals surface area (Å²) in [7, 11) is 0. The zero-order valence-corrected chi connectivity index (χ0v) is 43.4. The van der Waals surface area contributed by atoms with E-state index in [-0.39, 0.29) is 58.2 Å². The highest BCUT2D eigenvalue weighted by molar-refractivity contribution is 7.19. The summed E-state index contributed by atoms with van der Waals surface area (Å²) in [4.78, 5) is 141. The molecule has 2 saturated heterocycles. The lowest BCUT2D eigenvalue weighted by atomic mass is 10.0. The van der Waals surface area contributed by atoms with Gasteiger partial charge in [0, 0.05) is 78.5 Å². The van der Waals surface area contributed by atoms with Gasteiger partial charge in [0.25, 0.3) is 0 Å². The van der Waals surface area contributed by atoms with E-state index >= 15 is 9.59 Å². The summed E-state index contributed by atoms with van der Waals surface area (Å²) < 4.78 is 0.955. The van der Waals surface area contributed by atoms with Crippen LogP contribution in [0.4, 0.5) is 0 Å². The average molecular weight is 1050 g/mol. The third kappa shape index (κ3) is 14.6. The van der Waals surface area contributed by atoms with Gasteiger partial charge in [0.1, 0.15) is 42.3 Å². The van der Waals surface area contributed by atoms with Crippen molar-refractivity contribution in [1.82, 2.24) is 56.7 Å². The van der Waals surface area contributed by atoms with Crippen LogP contribution in [0, 0.1) is 0 Å². The molecule has 0 spiro atoms. The topological polar surface area (TPSA) is 303 Å². The highest BCUT2D eigenvalue weighted by atomic mass is 32.1. The van der Waals surface area contributed by atoms with Crippen LogP contribution in [0.3, 0.4) is 0 Å². The molecule has 2 fully saturated rings. The Morgan fingerprint density at radius 1 is 0.827 bits per heavy atom. The van der Waals surface area contributed by atoms with Crippen molar-refractivity contribution >= 4 is 85.5 Å². The van der Waals surface area contributed by atoms with Crippen molar-refractivity contribution in [2.45, 2.75) is 140 Å². The molecule has 2 aliphatic rings. The van der Waals surface area contributed by atoms with Crippen LogP contribution >= 0.6 is 11.3 Å². The number of nitrogens with zero attached hydrogens (tertiary/aromatic N) is 3. The highest BCUT2D eigenvalue weighted by Gasteiger charge is 2.43. The highest BCUT2D eigenvalue weighted by Crippen LogP contribution is 2.29. The molecule has 75 heavy (non-hydrogen) atoms. The van der Waals surface area contributed by atoms with E-state index in [0.29, 0.717) is 43.5 Å². The van der Waals surface area contributed by atoms with Crippen LogP contribution in [0.15, 0.2) is 73.2 Å². The van der Waals surface area contributed by atoms with Gasteiger partial charge in [0.15, 0.2) is 0 Å². The molecule has 5 heterocycles. The minimum absolute atomic E-state index is 0.00532. The van der Waals surface area contributed by atoms with Gasteiger partial charge in [-0.1, -0.05) is 56.2 Å². The molecule has 2 aliphatic heterocycles. The molecule has 7 atom stereocenters. The normalized spacial score (nSPS) is 22.4. The number of carbonyl (C=O) groups excluding carboxylic acids is 9. The van der Waals surface area contributed by atoms with Crippen LogP contribution in [-0.4, -0.2) is 140 Å². The standard InChI is InChI=1S/C53H68N12O9S/c1-4-6-16-39(58-31(3)66)48(69)61-41-28-46(67)56-21-12-11-18-38(47(54)68)60-49(70)40(25-34-23-32-14-7-9-17-37(32)59-34)62-51(72)43-19-13-22-65(43)53(74)44(27-36-24-33-15-8-10-20-45(33)75-36)64(5-2)52(73)42(63-50(41)71)26-35-29-55-30-57-35/h7-10,14-15,17,20,23-24,29-30,38-44,59H,4-6,11-13,16,18-19,21-22,25-28H2,1-3H3,(H2,54,68)(H,55,57)(H,56,67)(H,58,66)(H,60,70)(H,61,69)(H,62,72)(H,63,71)/t38-,39-,40-,41-,42-,43-,44+/m0/s1. The number of aromatic nitrogens is 3. The van der Waals surface area contributed by atoms with E-state index in [1.54, 1.807) is 6.92 Å². The maximum absolute atomic E-state index is 15.4. The van der Waals surface area contributed by atoms with Crippen molar-refractivity contribution < 1.29 is 43.2 Å². The minimum Gasteiger partial charge on any atom is -0.368 e. The summed E-state index contributed by atoms with van der Waals surface area (Å²) in [6.45, 7) is 5.10. The number of para-hydroxylation sites is 1. The van der Waals surface area contributed by atoms with E-state index in [1.807, 2.05) is 67.6 Å². The second-order valence-corrected chi connectivity index (χ2v) is 20.4. The van der Waals surface area contributed by atoms with Crippen molar-refractivity contribution in [1.29, 1.82) is 0 Å². The number of hydrogen-bond acceptors (Lipinski definition) is 11. The number of aromatic amines is 2. The number of primary amides is 1. The first-order chi connectivity index (χ1) is 36.1. The van der Waals surface area contributed by atoms with Crippen LogP contribution in [0.25, 0.3) is 21.0 Å². The van der Waals surface area contributed by atoms with Crippen LogP contribution in [0.1, 0.15) is 94.8 Å². The van der Waals surface area contributed by atoms with Crippen molar-refractivity contribution in [3.05, 3.63) is 89.5 Å². The minimum atomic E-state index is -1.55. The molecule has 9 amide bonds. The molecule has 400 valence electrons. The van der Waals surface area contributed by atoms with E-state index in [9.17, 15) is 33.6 Å². The van der Waals surface area contributed by atoms with Crippen LogP contribution in [-0.2, 0) is 62.4 Å². The average Bonchev–Trinajstić information content (AvgIpc) is 4.23. The molecule has 0 aliphatic carbocycles. The lowest BCUT2D eigenvalue weighted by Gasteiger charge is -2.37. The number of carbonyl (C=O) groups is 9. The van der Waals surface area contributed by atoms with Gasteiger partial charge in [-0.2, -0.15) is 0 Å². The quantitative estimate of drug-likeness (QED) is 0.0781. The zero-order chi connectivity index (χ0) is 53.6. The van der Waals surface area contributed by atoms with Crippen molar-refractivity contribution in [2.24, 2.45) is 5.73 Å². The summed E-state index contributed by atoms with van der Waals surface area (Å²) in [5.41, 5.74) is 7.73. The first-order valence-electron chi connectivity index (χ1n) is 25.8. The number of imidazole rings is 1. The summed E-state index contributed by atoms with van der Waals surface area (Å²) in [6.07, 6.45) is 5.14. The van der Waals surface area contributed by atoms with Gasteiger partial charge in [-0.15, -0.1) is 11.3 Å². The van der Waals surface area contributed by atoms with E-state index in [1.165, 1.54) is 40.6 Å². The molecule has 2 aromatic carbocycles. The number of hydrogen-bond donors (Lipinski definition) is 9. The molecule has 10 N–H and O–H groups in total. The van der Waals surface area contributed by atoms with Gasteiger partial charge in [-0.05, 0) is 80.5 Å². The number of benzene rings is 2. The van der Waals surface area contributed by atoms with E-state index in [2.05, 4.69) is 46.9 Å². The molecule has 0 bridgehead atoms. The van der Waals surface area contributed by atoms with Crippen LogP contribution in [0.2, 0.25) is 0 Å². The number of amides is 9. The Morgan fingerprint density at radius 2 is 1.57 bits per heavy atom. The smallest absolute Gasteiger partial charge is 0.246 e. The molecule has 21 nitrogen and oxygen atoms in total. The summed E-state index contributed by atoms with van der Waals surface area (Å²) in [5.74, 6) is -5.99. The Hall–Kier alpha value is -7.62. The SMILES string of the molecule is CCCC[C@H](NC(C)=O)C(=O)N[C@H]1CC(=O)NCCCC[C@@H](C(N)=O)NC(=O)[C@H](Cc2cc3ccccc3[nH]2)NC(=O)[C@@H]2CCCN2C(=O)[C@@H](Cc2cc3ccccc3s2)N(CC)C(=O)[C@H](Cc2cnc[nH]2)NC1=O. The molecular weight excluding hydrogens is 981 g/mol. The lowest BCUT2D eigenvalue weighted by Crippen LogP contribution is -2.61. The molecular formula is C53H68N12O9S. The fraction of sp³-hybridized carbons (Fsp3) is 0.472. The van der Waals surface area contributed by atoms with E-state index < -0.39 is 102 Å². The Balaban J connectivity index is 1.27. The molecule has 22 heteroatoms. The second kappa shape index (κ2) is 26.0. The molecule has 0 saturated carbocycles. The van der Waals surface area contributed by atoms with Gasteiger partial charge in [-0.25, -0.2) is 4.98 Å². The summed E-state index contributed by atoms with van der Waals surface area (Å²) >= 11 is 1.46. The zero-order valence-electron chi connectivity index (χ0n) is 42.6. The van der Waals surface area contributed by atoms with Crippen LogP contribution < -0.4 is 37.6 Å². The Labute approximate surface area is 438 Å². The Kier molecular flexibility index (Phi) is 19.1. The number of rotatable bonds is 14. The van der Waals surface area contributed by atoms with Gasteiger partial charge in [0.05, 0.1) is 12.7 Å². The third-order valence-electron chi connectivity index (χ3n) is 13.7. The number of fused-ring (bicyclic) bond motifs is 3. The number of thiophene rings is 1. The number of nitrogens with two attached hydrogens (primary N) is 1. The van der Waals surface area contributed by atoms with Gasteiger partial charge < -0.3 is 57.4 Å². The van der Waals surface area contributed by atoms with Gasteiger partial charge >= 0.3 is 0 Å². The van der Waals surface area contributed by atoms with Gasteiger partial charge in [0.2, 0.25) is 53.2 Å². The monoisotopic (exact) mass is 1050 g/mol. The fourth-order valence-corrected chi connectivity index (χ4v) is 10.9. The first-order valence-corrected chi connectivity index (χ1v) is 26.6. The number of likely N-dealkylation sites (N-methyl/N-ethyl adjacent to an activating group) is 1. The van der Waals surface area contributed by atoms with Crippen molar-refractivity contribution in [3.63, 3.8) is 0 Å². The molecule has 3 aromatic heterocycles. The first kappa shape index (κ1) is 55.1. The second-order valence-electron chi connectivity index (χ2n) is 19.2. The fourth-order valence-electron chi connectivity index (χ4n) is 9.83. The lowest BCUT2D eigenvalue weighted by molar-refractivity contribution is -0.150. The predicted octanol–water partition coefficient (Wildman–Crippen LogP) is 2.15. The molecule has 0 unspecified atom stereocenters. The number of unbranched alkanes of at least 4 members (excludes halogenated alkanes) is 1.